The van der Waals surface area contributed by atoms with Crippen molar-refractivity contribution in [2.75, 3.05) is 0 Å². The normalized spacial score (nSPS) is 12.7. The summed E-state index contributed by atoms with van der Waals surface area (Å²) in [6.07, 6.45) is -0.504. The Hall–Kier alpha value is -1.61. The zero-order chi connectivity index (χ0) is 10.8. The van der Waals surface area contributed by atoms with Gasteiger partial charge in [-0.25, -0.2) is 0 Å². The maximum atomic E-state index is 9.37. The quantitative estimate of drug-likeness (QED) is 0.785. The molecule has 0 radical (unpaired) electrons. The SMILES string of the molecule is Cc1cccc(-c2cc(C(C)O)[nH]n2)c1. The molecule has 2 rings (SSSR count). The van der Waals surface area contributed by atoms with Crippen LogP contribution in [-0.4, -0.2) is 15.3 Å². The lowest BCUT2D eigenvalue weighted by Crippen LogP contribution is -1.89. The van der Waals surface area contributed by atoms with E-state index >= 15 is 0 Å². The summed E-state index contributed by atoms with van der Waals surface area (Å²) in [6, 6.07) is 10.0. The second kappa shape index (κ2) is 3.87. The Morgan fingerprint density at radius 1 is 1.33 bits per heavy atom. The first-order chi connectivity index (χ1) is 7.16. The minimum absolute atomic E-state index is 0.504. The Morgan fingerprint density at radius 3 is 2.73 bits per heavy atom. The monoisotopic (exact) mass is 202 g/mol. The first-order valence-corrected chi connectivity index (χ1v) is 4.97. The van der Waals surface area contributed by atoms with Crippen molar-refractivity contribution in [2.24, 2.45) is 0 Å². The Kier molecular flexibility index (Phi) is 2.56. The number of H-pyrrole nitrogens is 1. The smallest absolute Gasteiger partial charge is 0.0926 e. The molecule has 3 nitrogen and oxygen atoms in total. The first-order valence-electron chi connectivity index (χ1n) is 4.97. The fourth-order valence-corrected chi connectivity index (χ4v) is 1.50. The van der Waals surface area contributed by atoms with Crippen LogP contribution in [0.5, 0.6) is 0 Å². The third-order valence-electron chi connectivity index (χ3n) is 2.36. The van der Waals surface area contributed by atoms with Gasteiger partial charge in [0.1, 0.15) is 0 Å². The van der Waals surface area contributed by atoms with Gasteiger partial charge < -0.3 is 5.11 Å². The predicted octanol–water partition coefficient (Wildman–Crippen LogP) is 2.44. The van der Waals surface area contributed by atoms with Crippen LogP contribution in [0.3, 0.4) is 0 Å². The van der Waals surface area contributed by atoms with Crippen LogP contribution in [0.4, 0.5) is 0 Å². The highest BCUT2D eigenvalue weighted by Crippen LogP contribution is 2.20. The molecule has 15 heavy (non-hydrogen) atoms. The number of aliphatic hydroxyl groups is 1. The number of nitrogens with zero attached hydrogens (tertiary/aromatic N) is 1. The van der Waals surface area contributed by atoms with E-state index in [1.807, 2.05) is 31.2 Å². The van der Waals surface area contributed by atoms with Gasteiger partial charge >= 0.3 is 0 Å². The molecule has 0 aliphatic rings. The summed E-state index contributed by atoms with van der Waals surface area (Å²) in [6.45, 7) is 3.76. The lowest BCUT2D eigenvalue weighted by Gasteiger charge is -1.98. The molecule has 0 aliphatic heterocycles. The number of rotatable bonds is 2. The van der Waals surface area contributed by atoms with E-state index in [1.54, 1.807) is 6.92 Å². The summed E-state index contributed by atoms with van der Waals surface area (Å²) < 4.78 is 0. The minimum Gasteiger partial charge on any atom is -0.387 e. The molecule has 0 amide bonds. The molecule has 1 heterocycles. The fourth-order valence-electron chi connectivity index (χ4n) is 1.50. The Morgan fingerprint density at radius 2 is 2.13 bits per heavy atom. The highest BCUT2D eigenvalue weighted by atomic mass is 16.3. The Balaban J connectivity index is 2.37. The number of aliphatic hydroxyl groups excluding tert-OH is 1. The van der Waals surface area contributed by atoms with E-state index in [1.165, 1.54) is 5.56 Å². The Labute approximate surface area is 88.8 Å². The summed E-state index contributed by atoms with van der Waals surface area (Å²) in [5, 5.41) is 16.4. The van der Waals surface area contributed by atoms with Crippen molar-refractivity contribution < 1.29 is 5.11 Å². The van der Waals surface area contributed by atoms with Crippen LogP contribution in [0.25, 0.3) is 11.3 Å². The molecule has 1 unspecified atom stereocenters. The van der Waals surface area contributed by atoms with Crippen molar-refractivity contribution in [1.82, 2.24) is 10.2 Å². The molecule has 1 atom stereocenters. The molecule has 1 aromatic carbocycles. The van der Waals surface area contributed by atoms with Gasteiger partial charge in [0.2, 0.25) is 0 Å². The van der Waals surface area contributed by atoms with Crippen LogP contribution >= 0.6 is 0 Å². The first kappa shape index (κ1) is 9.93. The van der Waals surface area contributed by atoms with Gasteiger partial charge in [-0.05, 0) is 26.0 Å². The zero-order valence-electron chi connectivity index (χ0n) is 8.86. The number of aryl methyl sites for hydroxylation is 1. The molecule has 78 valence electrons. The molecular formula is C12H14N2O. The molecule has 0 aliphatic carbocycles. The molecule has 0 bridgehead atoms. The van der Waals surface area contributed by atoms with E-state index in [9.17, 15) is 5.11 Å². The third-order valence-corrected chi connectivity index (χ3v) is 2.36. The molecule has 2 aromatic rings. The molecule has 0 spiro atoms. The number of hydrogen-bond donors (Lipinski definition) is 2. The van der Waals surface area contributed by atoms with Crippen LogP contribution in [-0.2, 0) is 0 Å². The molecule has 2 N–H and O–H groups in total. The largest absolute Gasteiger partial charge is 0.387 e. The number of aromatic nitrogens is 2. The van der Waals surface area contributed by atoms with Crippen molar-refractivity contribution in [3.63, 3.8) is 0 Å². The van der Waals surface area contributed by atoms with Gasteiger partial charge in [-0.15, -0.1) is 0 Å². The third kappa shape index (κ3) is 2.07. The maximum Gasteiger partial charge on any atom is 0.0926 e. The van der Waals surface area contributed by atoms with Crippen LogP contribution in [0.2, 0.25) is 0 Å². The number of aromatic amines is 1. The summed E-state index contributed by atoms with van der Waals surface area (Å²) >= 11 is 0. The molecule has 0 saturated carbocycles. The van der Waals surface area contributed by atoms with Gasteiger partial charge in [0.05, 0.1) is 17.5 Å². The van der Waals surface area contributed by atoms with E-state index in [-0.39, 0.29) is 0 Å². The van der Waals surface area contributed by atoms with Crippen molar-refractivity contribution in [2.45, 2.75) is 20.0 Å². The van der Waals surface area contributed by atoms with Gasteiger partial charge in [0.25, 0.3) is 0 Å². The number of benzene rings is 1. The van der Waals surface area contributed by atoms with E-state index in [0.717, 1.165) is 17.0 Å². The molecule has 3 heteroatoms. The van der Waals surface area contributed by atoms with E-state index in [2.05, 4.69) is 16.3 Å². The number of hydrogen-bond acceptors (Lipinski definition) is 2. The lowest BCUT2D eigenvalue weighted by atomic mass is 10.1. The van der Waals surface area contributed by atoms with Crippen molar-refractivity contribution >= 4 is 0 Å². The Bertz CT molecular complexity index is 460. The fraction of sp³-hybridized carbons (Fsp3) is 0.250. The predicted molar refractivity (Wildman–Crippen MR) is 59.4 cm³/mol. The van der Waals surface area contributed by atoms with Crippen LogP contribution in [0.1, 0.15) is 24.3 Å². The standard InChI is InChI=1S/C12H14N2O/c1-8-4-3-5-10(6-8)12-7-11(9(2)15)13-14-12/h3-7,9,15H,1-2H3,(H,13,14). The maximum absolute atomic E-state index is 9.37. The lowest BCUT2D eigenvalue weighted by molar-refractivity contribution is 0.194. The van der Waals surface area contributed by atoms with Crippen molar-refractivity contribution in [1.29, 1.82) is 0 Å². The van der Waals surface area contributed by atoms with Gasteiger partial charge in [-0.1, -0.05) is 23.8 Å². The van der Waals surface area contributed by atoms with Gasteiger partial charge in [-0.2, -0.15) is 5.10 Å². The van der Waals surface area contributed by atoms with Crippen LogP contribution < -0.4 is 0 Å². The average molecular weight is 202 g/mol. The minimum atomic E-state index is -0.504. The topological polar surface area (TPSA) is 48.9 Å². The van der Waals surface area contributed by atoms with Crippen LogP contribution in [0.15, 0.2) is 30.3 Å². The van der Waals surface area contributed by atoms with E-state index in [0.29, 0.717) is 0 Å². The molecular weight excluding hydrogens is 188 g/mol. The van der Waals surface area contributed by atoms with Gasteiger partial charge in [0, 0.05) is 5.56 Å². The summed E-state index contributed by atoms with van der Waals surface area (Å²) in [7, 11) is 0. The highest BCUT2D eigenvalue weighted by molar-refractivity contribution is 5.60. The van der Waals surface area contributed by atoms with Gasteiger partial charge in [-0.3, -0.25) is 5.10 Å². The molecule has 0 saturated heterocycles. The molecule has 0 fully saturated rings. The second-order valence-electron chi connectivity index (χ2n) is 3.75. The summed E-state index contributed by atoms with van der Waals surface area (Å²) in [4.78, 5) is 0. The molecule has 1 aromatic heterocycles. The number of nitrogens with one attached hydrogen (secondary N) is 1. The van der Waals surface area contributed by atoms with Crippen molar-refractivity contribution in [3.8, 4) is 11.3 Å². The summed E-state index contributed by atoms with van der Waals surface area (Å²) in [5.41, 5.74) is 3.88. The zero-order valence-corrected chi connectivity index (χ0v) is 8.86. The second-order valence-corrected chi connectivity index (χ2v) is 3.75. The summed E-state index contributed by atoms with van der Waals surface area (Å²) in [5.74, 6) is 0. The van der Waals surface area contributed by atoms with E-state index in [4.69, 9.17) is 0 Å². The van der Waals surface area contributed by atoms with Gasteiger partial charge in [0.15, 0.2) is 0 Å². The van der Waals surface area contributed by atoms with Crippen LogP contribution in [0, 0.1) is 6.92 Å². The van der Waals surface area contributed by atoms with Crippen molar-refractivity contribution in [3.05, 3.63) is 41.6 Å². The van der Waals surface area contributed by atoms with E-state index < -0.39 is 6.10 Å². The highest BCUT2D eigenvalue weighted by Gasteiger charge is 2.07. The average Bonchev–Trinajstić information content (AvgIpc) is 2.66.